The number of imidazole rings is 1. The van der Waals surface area contributed by atoms with Crippen LogP contribution in [0.5, 0.6) is 5.75 Å². The number of phenols is 1. The van der Waals surface area contributed by atoms with Crippen LogP contribution in [0.1, 0.15) is 16.7 Å². The smallest absolute Gasteiger partial charge is 0.274 e. The molecule has 4 aromatic rings. The molecule has 0 amide bonds. The average molecular weight is 322 g/mol. The van der Waals surface area contributed by atoms with Crippen molar-refractivity contribution in [2.24, 2.45) is 0 Å². The van der Waals surface area contributed by atoms with Gasteiger partial charge in [0, 0.05) is 0 Å². The first kappa shape index (κ1) is 14.0. The van der Waals surface area contributed by atoms with Crippen LogP contribution in [-0.4, -0.2) is 14.5 Å². The number of rotatable bonds is 1. The molecule has 0 radical (unpaired) electrons. The monoisotopic (exact) mass is 322 g/mol. The van der Waals surface area contributed by atoms with Crippen molar-refractivity contribution in [1.82, 2.24) is 9.38 Å². The summed E-state index contributed by atoms with van der Waals surface area (Å²) in [7, 11) is 0. The van der Waals surface area contributed by atoms with E-state index in [0.717, 1.165) is 22.2 Å². The summed E-state index contributed by atoms with van der Waals surface area (Å²) in [5.41, 5.74) is 4.73. The molecule has 4 nitrogen and oxygen atoms in total. The van der Waals surface area contributed by atoms with E-state index in [1.54, 1.807) is 28.7 Å². The number of phenolic OH excluding ortho intramolecular Hbond substituents is 1. The van der Waals surface area contributed by atoms with E-state index < -0.39 is 0 Å². The summed E-state index contributed by atoms with van der Waals surface area (Å²) in [5, 5.41) is 9.55. The Balaban J connectivity index is 2.02. The Morgan fingerprint density at radius 3 is 2.74 bits per heavy atom. The van der Waals surface area contributed by atoms with Gasteiger partial charge in [-0.1, -0.05) is 23.5 Å². The molecular formula is C18H14N2O2S. The van der Waals surface area contributed by atoms with Crippen LogP contribution in [0.3, 0.4) is 0 Å². The molecule has 1 N–H and O–H groups in total. The van der Waals surface area contributed by atoms with Gasteiger partial charge in [0.15, 0.2) is 4.96 Å². The van der Waals surface area contributed by atoms with Crippen molar-refractivity contribution in [3.05, 3.63) is 68.0 Å². The summed E-state index contributed by atoms with van der Waals surface area (Å²) in [5.74, 6) is 0.184. The summed E-state index contributed by atoms with van der Waals surface area (Å²) in [4.78, 5) is 18.0. The molecule has 0 bridgehead atoms. The number of aromatic hydroxyl groups is 1. The van der Waals surface area contributed by atoms with Crippen molar-refractivity contribution in [3.8, 4) is 5.75 Å². The molecule has 2 heterocycles. The molecule has 0 aliphatic rings. The first-order valence-corrected chi connectivity index (χ1v) is 8.07. The van der Waals surface area contributed by atoms with Crippen LogP contribution >= 0.6 is 11.3 Å². The quantitative estimate of drug-likeness (QED) is 0.586. The Morgan fingerprint density at radius 1 is 1.17 bits per heavy atom. The molecule has 0 fully saturated rings. The van der Waals surface area contributed by atoms with Gasteiger partial charge in [0.1, 0.15) is 5.75 Å². The molecule has 4 rings (SSSR count). The van der Waals surface area contributed by atoms with Gasteiger partial charge in [-0.25, -0.2) is 9.38 Å². The lowest BCUT2D eigenvalue weighted by atomic mass is 10.1. The minimum absolute atomic E-state index is 0.0703. The second kappa shape index (κ2) is 4.93. The maximum absolute atomic E-state index is 12.7. The third-order valence-electron chi connectivity index (χ3n) is 4.02. The number of aromatic nitrogens is 2. The highest BCUT2D eigenvalue weighted by molar-refractivity contribution is 7.15. The first-order chi connectivity index (χ1) is 11.0. The zero-order valence-electron chi connectivity index (χ0n) is 12.7. The van der Waals surface area contributed by atoms with Crippen molar-refractivity contribution in [2.75, 3.05) is 0 Å². The lowest BCUT2D eigenvalue weighted by Gasteiger charge is -1.98. The first-order valence-electron chi connectivity index (χ1n) is 7.26. The van der Waals surface area contributed by atoms with E-state index in [-0.39, 0.29) is 11.3 Å². The Morgan fingerprint density at radius 2 is 1.96 bits per heavy atom. The van der Waals surface area contributed by atoms with Gasteiger partial charge >= 0.3 is 0 Å². The fraction of sp³-hybridized carbons (Fsp3) is 0.111. The van der Waals surface area contributed by atoms with Gasteiger partial charge in [0.25, 0.3) is 5.56 Å². The molecule has 0 spiro atoms. The van der Waals surface area contributed by atoms with E-state index in [9.17, 15) is 9.90 Å². The van der Waals surface area contributed by atoms with Gasteiger partial charge in [0.05, 0.1) is 15.6 Å². The van der Waals surface area contributed by atoms with Crippen LogP contribution in [-0.2, 0) is 0 Å². The van der Waals surface area contributed by atoms with E-state index in [1.807, 2.05) is 32.0 Å². The second-order valence-corrected chi connectivity index (χ2v) is 6.67. The SMILES string of the molecule is Cc1cc2nc3sc(=Cc4cccc(O)c4)c(=O)n3c2cc1C. The lowest BCUT2D eigenvalue weighted by Crippen LogP contribution is -2.22. The standard InChI is InChI=1S/C18H14N2O2S/c1-10-6-14-15(7-11(10)2)20-17(22)16(23-18(20)19-14)9-12-4-3-5-13(21)8-12/h3-9,21H,1-2H3. The molecule has 5 heteroatoms. The fourth-order valence-corrected chi connectivity index (χ4v) is 3.67. The molecule has 0 saturated carbocycles. The predicted octanol–water partition coefficient (Wildman–Crippen LogP) is 2.78. The van der Waals surface area contributed by atoms with Gasteiger partial charge < -0.3 is 5.11 Å². The average Bonchev–Trinajstić information content (AvgIpc) is 2.97. The topological polar surface area (TPSA) is 54.6 Å². The zero-order valence-corrected chi connectivity index (χ0v) is 13.5. The summed E-state index contributed by atoms with van der Waals surface area (Å²) in [6.45, 7) is 4.08. The highest BCUT2D eigenvalue weighted by Crippen LogP contribution is 2.20. The van der Waals surface area contributed by atoms with E-state index in [0.29, 0.717) is 9.49 Å². The Labute approximate surface area is 136 Å². The number of fused-ring (bicyclic) bond motifs is 3. The highest BCUT2D eigenvalue weighted by Gasteiger charge is 2.12. The van der Waals surface area contributed by atoms with Gasteiger partial charge in [-0.2, -0.15) is 0 Å². The van der Waals surface area contributed by atoms with Crippen LogP contribution in [0.25, 0.3) is 22.1 Å². The van der Waals surface area contributed by atoms with Crippen molar-refractivity contribution in [3.63, 3.8) is 0 Å². The largest absolute Gasteiger partial charge is 0.508 e. The number of nitrogens with zero attached hydrogens (tertiary/aromatic N) is 2. The number of aryl methyl sites for hydroxylation is 2. The highest BCUT2D eigenvalue weighted by atomic mass is 32.1. The lowest BCUT2D eigenvalue weighted by molar-refractivity contribution is 0.475. The Kier molecular flexibility index (Phi) is 2.99. The molecular weight excluding hydrogens is 308 g/mol. The minimum Gasteiger partial charge on any atom is -0.508 e. The zero-order chi connectivity index (χ0) is 16.1. The van der Waals surface area contributed by atoms with Crippen LogP contribution in [0.15, 0.2) is 41.2 Å². The van der Waals surface area contributed by atoms with Crippen molar-refractivity contribution < 1.29 is 5.11 Å². The molecule has 0 atom stereocenters. The van der Waals surface area contributed by atoms with Crippen LogP contribution in [0, 0.1) is 13.8 Å². The molecule has 0 unspecified atom stereocenters. The molecule has 0 aliphatic heterocycles. The summed E-state index contributed by atoms with van der Waals surface area (Å²) in [6.07, 6.45) is 1.79. The van der Waals surface area contributed by atoms with E-state index >= 15 is 0 Å². The van der Waals surface area contributed by atoms with Crippen LogP contribution < -0.4 is 10.1 Å². The van der Waals surface area contributed by atoms with Crippen molar-refractivity contribution in [1.29, 1.82) is 0 Å². The van der Waals surface area contributed by atoms with E-state index in [4.69, 9.17) is 0 Å². The number of thiazole rings is 1. The third kappa shape index (κ3) is 2.21. The van der Waals surface area contributed by atoms with Gasteiger partial charge in [-0.15, -0.1) is 0 Å². The summed E-state index contributed by atoms with van der Waals surface area (Å²) >= 11 is 1.36. The molecule has 0 aliphatic carbocycles. The normalized spacial score (nSPS) is 12.5. The van der Waals surface area contributed by atoms with Crippen molar-refractivity contribution >= 4 is 33.4 Å². The second-order valence-electron chi connectivity index (χ2n) is 5.67. The number of benzene rings is 2. The number of hydrogen-bond acceptors (Lipinski definition) is 4. The summed E-state index contributed by atoms with van der Waals surface area (Å²) in [6, 6.07) is 10.9. The van der Waals surface area contributed by atoms with Crippen LogP contribution in [0.4, 0.5) is 0 Å². The summed E-state index contributed by atoms with van der Waals surface area (Å²) < 4.78 is 2.28. The maximum Gasteiger partial charge on any atom is 0.274 e. The predicted molar refractivity (Wildman–Crippen MR) is 93.2 cm³/mol. The molecule has 2 aromatic carbocycles. The molecule has 2 aromatic heterocycles. The van der Waals surface area contributed by atoms with Gasteiger partial charge in [-0.05, 0) is 60.9 Å². The molecule has 23 heavy (non-hydrogen) atoms. The van der Waals surface area contributed by atoms with Crippen molar-refractivity contribution in [2.45, 2.75) is 13.8 Å². The van der Waals surface area contributed by atoms with E-state index in [1.165, 1.54) is 16.9 Å². The van der Waals surface area contributed by atoms with Crippen LogP contribution in [0.2, 0.25) is 0 Å². The maximum atomic E-state index is 12.7. The molecule has 114 valence electrons. The van der Waals surface area contributed by atoms with E-state index in [2.05, 4.69) is 4.98 Å². The number of hydrogen-bond donors (Lipinski definition) is 1. The fourth-order valence-electron chi connectivity index (χ4n) is 2.68. The third-order valence-corrected chi connectivity index (χ3v) is 4.99. The van der Waals surface area contributed by atoms with Gasteiger partial charge in [-0.3, -0.25) is 4.79 Å². The minimum atomic E-state index is -0.0703. The van der Waals surface area contributed by atoms with Gasteiger partial charge in [0.2, 0.25) is 0 Å². The molecule has 0 saturated heterocycles. The Bertz CT molecular complexity index is 1170. The Hall–Kier alpha value is -2.66.